The lowest BCUT2D eigenvalue weighted by Crippen LogP contribution is -2.46. The number of fused-ring (bicyclic) bond motifs is 1. The monoisotopic (exact) mass is 328 g/mol. The van der Waals surface area contributed by atoms with Crippen molar-refractivity contribution in [2.75, 3.05) is 6.54 Å². The first-order valence-electron chi connectivity index (χ1n) is 8.71. The predicted molar refractivity (Wildman–Crippen MR) is 90.7 cm³/mol. The van der Waals surface area contributed by atoms with E-state index in [-0.39, 0.29) is 10.8 Å². The minimum Gasteiger partial charge on any atom is -0.330 e. The minimum atomic E-state index is -0.827. The van der Waals surface area contributed by atoms with Gasteiger partial charge in [0.2, 0.25) is 0 Å². The van der Waals surface area contributed by atoms with E-state index in [4.69, 9.17) is 10.6 Å². The summed E-state index contributed by atoms with van der Waals surface area (Å²) in [5, 5.41) is 10.3. The summed E-state index contributed by atoms with van der Waals surface area (Å²) < 4.78 is 0. The Labute approximate surface area is 142 Å². The van der Waals surface area contributed by atoms with Crippen LogP contribution in [0.5, 0.6) is 0 Å². The molecule has 2 bridgehead atoms. The van der Waals surface area contributed by atoms with E-state index in [2.05, 4.69) is 30.3 Å². The van der Waals surface area contributed by atoms with Crippen LogP contribution in [-0.2, 0) is 10.3 Å². The van der Waals surface area contributed by atoms with E-state index in [9.17, 15) is 10.1 Å². The topological polar surface area (TPSA) is 78.4 Å². The first-order chi connectivity index (χ1) is 11.4. The van der Waals surface area contributed by atoms with Gasteiger partial charge < -0.3 is 10.6 Å². The van der Waals surface area contributed by atoms with Crippen LogP contribution in [-0.4, -0.2) is 17.2 Å². The zero-order valence-corrected chi connectivity index (χ0v) is 14.0. The number of hydrogen-bond donors (Lipinski definition) is 1. The maximum absolute atomic E-state index is 11.0. The Hall–Kier alpha value is -1.88. The molecule has 0 amide bonds. The highest BCUT2D eigenvalue weighted by molar-refractivity contribution is 5.45. The van der Waals surface area contributed by atoms with Crippen molar-refractivity contribution in [3.8, 4) is 0 Å². The van der Waals surface area contributed by atoms with Gasteiger partial charge in [0.1, 0.15) is 5.60 Å². The zero-order chi connectivity index (χ0) is 17.0. The van der Waals surface area contributed by atoms with E-state index in [0.29, 0.717) is 18.9 Å². The molecule has 0 saturated heterocycles. The van der Waals surface area contributed by atoms with Crippen LogP contribution in [0.1, 0.15) is 44.6 Å². The van der Waals surface area contributed by atoms with Crippen molar-refractivity contribution in [1.82, 2.24) is 0 Å². The normalized spacial score (nSPS) is 39.6. The first-order valence-corrected chi connectivity index (χ1v) is 8.71. The van der Waals surface area contributed by atoms with Crippen molar-refractivity contribution >= 4 is 0 Å². The summed E-state index contributed by atoms with van der Waals surface area (Å²) in [6, 6.07) is 10.7. The van der Waals surface area contributed by atoms with Crippen molar-refractivity contribution in [2.45, 2.75) is 50.0 Å². The Morgan fingerprint density at radius 1 is 1.33 bits per heavy atom. The summed E-state index contributed by atoms with van der Waals surface area (Å²) in [6.07, 6.45) is 6.73. The van der Waals surface area contributed by atoms with Gasteiger partial charge in [0.25, 0.3) is 5.09 Å². The quantitative estimate of drug-likeness (QED) is 0.510. The smallest absolute Gasteiger partial charge is 0.295 e. The van der Waals surface area contributed by atoms with Gasteiger partial charge in [-0.25, -0.2) is 0 Å². The van der Waals surface area contributed by atoms with Crippen LogP contribution in [0, 0.1) is 21.4 Å². The van der Waals surface area contributed by atoms with E-state index < -0.39 is 10.7 Å². The molecule has 128 valence electrons. The molecule has 2 saturated carbocycles. The first kappa shape index (κ1) is 15.6. The van der Waals surface area contributed by atoms with Gasteiger partial charge in [-0.05, 0) is 62.5 Å². The average molecular weight is 328 g/mol. The summed E-state index contributed by atoms with van der Waals surface area (Å²) in [5.41, 5.74) is 8.06. The number of hydrogen-bond acceptors (Lipinski definition) is 4. The van der Waals surface area contributed by atoms with E-state index in [1.54, 1.807) is 0 Å². The molecular formula is C19H24N2O3. The summed E-state index contributed by atoms with van der Waals surface area (Å²) in [5.74, 6) is 0.476. The lowest BCUT2D eigenvalue weighted by molar-refractivity contribution is -0.777. The maximum Gasteiger partial charge on any atom is 0.295 e. The Balaban J connectivity index is 1.76. The Bertz CT molecular complexity index is 704. The van der Waals surface area contributed by atoms with Crippen LogP contribution in [0.15, 0.2) is 42.0 Å². The fraction of sp³-hybridized carbons (Fsp3) is 0.579. The molecule has 0 heterocycles. The third-order valence-electron chi connectivity index (χ3n) is 6.48. The average Bonchev–Trinajstić information content (AvgIpc) is 2.69. The molecule has 4 atom stereocenters. The van der Waals surface area contributed by atoms with Gasteiger partial charge in [0.05, 0.1) is 0 Å². The van der Waals surface area contributed by atoms with Gasteiger partial charge in [0.15, 0.2) is 0 Å². The van der Waals surface area contributed by atoms with Gasteiger partial charge in [-0.3, -0.25) is 0 Å². The van der Waals surface area contributed by atoms with Crippen molar-refractivity contribution in [1.29, 1.82) is 0 Å². The molecule has 1 aromatic carbocycles. The number of nitrogens with zero attached hydrogens (tertiary/aromatic N) is 1. The summed E-state index contributed by atoms with van der Waals surface area (Å²) in [7, 11) is 0. The van der Waals surface area contributed by atoms with Crippen molar-refractivity contribution in [3.05, 3.63) is 57.7 Å². The maximum atomic E-state index is 11.0. The van der Waals surface area contributed by atoms with Gasteiger partial charge in [0, 0.05) is 5.41 Å². The lowest BCUT2D eigenvalue weighted by atomic mass is 9.54. The van der Waals surface area contributed by atoms with Crippen LogP contribution in [0.3, 0.4) is 0 Å². The lowest BCUT2D eigenvalue weighted by Gasteiger charge is -2.50. The van der Waals surface area contributed by atoms with E-state index in [1.807, 2.05) is 13.0 Å². The van der Waals surface area contributed by atoms with Gasteiger partial charge in [-0.2, -0.15) is 0 Å². The molecule has 2 N–H and O–H groups in total. The molecule has 0 spiro atoms. The minimum absolute atomic E-state index is 0.0226. The van der Waals surface area contributed by atoms with Crippen molar-refractivity contribution < 1.29 is 9.92 Å². The van der Waals surface area contributed by atoms with E-state index in [1.165, 1.54) is 11.1 Å². The molecule has 3 aliphatic rings. The molecule has 4 unspecified atom stereocenters. The summed E-state index contributed by atoms with van der Waals surface area (Å²) in [4.78, 5) is 16.1. The Kier molecular flexibility index (Phi) is 3.29. The molecule has 2 fully saturated rings. The van der Waals surface area contributed by atoms with E-state index in [0.717, 1.165) is 25.7 Å². The summed E-state index contributed by atoms with van der Waals surface area (Å²) >= 11 is 0. The number of rotatable bonds is 5. The van der Waals surface area contributed by atoms with Crippen LogP contribution >= 0.6 is 0 Å². The molecule has 4 rings (SSSR count). The highest BCUT2D eigenvalue weighted by Crippen LogP contribution is 2.71. The van der Waals surface area contributed by atoms with Gasteiger partial charge >= 0.3 is 0 Å². The van der Waals surface area contributed by atoms with Gasteiger partial charge in [-0.1, -0.05) is 42.0 Å². The third-order valence-corrected chi connectivity index (χ3v) is 6.48. The number of nitrogens with two attached hydrogens (primary N) is 1. The largest absolute Gasteiger partial charge is 0.330 e. The number of allylic oxidation sites excluding steroid dienone is 1. The fourth-order valence-electron chi connectivity index (χ4n) is 5.98. The fourth-order valence-corrected chi connectivity index (χ4v) is 5.98. The van der Waals surface area contributed by atoms with Crippen LogP contribution in [0.25, 0.3) is 0 Å². The molecule has 0 aromatic heterocycles. The third kappa shape index (κ3) is 2.18. The highest BCUT2D eigenvalue weighted by atomic mass is 17.0. The molecule has 0 radical (unpaired) electrons. The highest BCUT2D eigenvalue weighted by Gasteiger charge is 2.64. The Morgan fingerprint density at radius 3 is 2.75 bits per heavy atom. The van der Waals surface area contributed by atoms with Crippen molar-refractivity contribution in [3.63, 3.8) is 0 Å². The predicted octanol–water partition coefficient (Wildman–Crippen LogP) is 3.37. The molecular weight excluding hydrogens is 304 g/mol. The second-order valence-electron chi connectivity index (χ2n) is 8.19. The molecule has 0 aliphatic heterocycles. The van der Waals surface area contributed by atoms with Crippen molar-refractivity contribution in [2.24, 2.45) is 17.1 Å². The van der Waals surface area contributed by atoms with Crippen LogP contribution in [0.2, 0.25) is 0 Å². The molecule has 5 heteroatoms. The molecule has 3 aliphatic carbocycles. The molecule has 5 nitrogen and oxygen atoms in total. The second-order valence-corrected chi connectivity index (χ2v) is 8.19. The second kappa shape index (κ2) is 5.06. The SMILES string of the molecule is CC1(O[N+](=O)[O-])C=C2CC3(c4ccccc4)CC(CCN)(CC23)C1. The Morgan fingerprint density at radius 2 is 2.08 bits per heavy atom. The standard InChI is InChI=1S/C19H24N2O3/c1-17(24-21(22)23)9-14-10-19(15-5-3-2-4-6-15)13-18(12-17,7-8-20)11-16(14)19/h2-6,9,16H,7-8,10-13,20H2,1H3. The van der Waals surface area contributed by atoms with Gasteiger partial charge in [-0.15, -0.1) is 10.1 Å². The number of benzene rings is 1. The molecule has 1 aromatic rings. The molecule has 24 heavy (non-hydrogen) atoms. The zero-order valence-electron chi connectivity index (χ0n) is 14.0. The van der Waals surface area contributed by atoms with Crippen LogP contribution in [0.4, 0.5) is 0 Å². The van der Waals surface area contributed by atoms with E-state index >= 15 is 0 Å². The summed E-state index contributed by atoms with van der Waals surface area (Å²) in [6.45, 7) is 2.46. The van der Waals surface area contributed by atoms with Crippen LogP contribution < -0.4 is 5.73 Å².